The first-order valence-electron chi connectivity index (χ1n) is 8.64. The Hall–Kier alpha value is -3.86. The van der Waals surface area contributed by atoms with Crippen molar-refractivity contribution in [2.24, 2.45) is 0 Å². The fraction of sp³-hybridized carbons (Fsp3) is 0.105. The molecule has 3 aromatic rings. The van der Waals surface area contributed by atoms with Crippen molar-refractivity contribution in [2.75, 3.05) is 10.0 Å². The number of nitro groups is 1. The molecule has 30 heavy (non-hydrogen) atoms. The molecule has 10 nitrogen and oxygen atoms in total. The smallest absolute Gasteiger partial charge is 0.273 e. The van der Waals surface area contributed by atoms with E-state index in [9.17, 15) is 23.3 Å². The lowest BCUT2D eigenvalue weighted by Gasteiger charge is -2.09. The molecule has 1 heterocycles. The van der Waals surface area contributed by atoms with Gasteiger partial charge in [0.2, 0.25) is 5.95 Å². The second-order valence-corrected chi connectivity index (χ2v) is 8.05. The lowest BCUT2D eigenvalue weighted by atomic mass is 10.1. The van der Waals surface area contributed by atoms with Crippen LogP contribution in [0.5, 0.6) is 0 Å². The van der Waals surface area contributed by atoms with Crippen LogP contribution >= 0.6 is 0 Å². The highest BCUT2D eigenvalue weighted by Gasteiger charge is 2.17. The van der Waals surface area contributed by atoms with E-state index in [1.54, 1.807) is 19.9 Å². The lowest BCUT2D eigenvalue weighted by molar-refractivity contribution is -0.385. The van der Waals surface area contributed by atoms with E-state index in [1.165, 1.54) is 48.7 Å². The fourth-order valence-corrected chi connectivity index (χ4v) is 3.50. The largest absolute Gasteiger partial charge is 0.322 e. The summed E-state index contributed by atoms with van der Waals surface area (Å²) < 4.78 is 27.2. The highest BCUT2D eigenvalue weighted by molar-refractivity contribution is 7.92. The fourth-order valence-electron chi connectivity index (χ4n) is 2.55. The van der Waals surface area contributed by atoms with Gasteiger partial charge in [0, 0.05) is 34.8 Å². The Balaban J connectivity index is 1.75. The Labute approximate surface area is 172 Å². The standard InChI is InChI=1S/C19H17N5O5S/c1-12-3-4-14(11-17(12)24(26)27)18(25)22-15-5-7-16(8-6-15)30(28,29)23-19-20-10-9-13(2)21-19/h3-11H,1-2H3,(H,22,25)(H,20,21,23). The van der Waals surface area contributed by atoms with E-state index >= 15 is 0 Å². The summed E-state index contributed by atoms with van der Waals surface area (Å²) in [6.07, 6.45) is 1.44. The predicted molar refractivity (Wildman–Crippen MR) is 110 cm³/mol. The summed E-state index contributed by atoms with van der Waals surface area (Å²) in [5, 5.41) is 13.6. The van der Waals surface area contributed by atoms with Crippen LogP contribution in [-0.2, 0) is 10.0 Å². The van der Waals surface area contributed by atoms with E-state index < -0.39 is 20.9 Å². The van der Waals surface area contributed by atoms with Gasteiger partial charge in [-0.05, 0) is 50.2 Å². The van der Waals surface area contributed by atoms with Gasteiger partial charge in [-0.3, -0.25) is 14.9 Å². The molecule has 2 N–H and O–H groups in total. The predicted octanol–water partition coefficient (Wildman–Crippen LogP) is 3.05. The highest BCUT2D eigenvalue weighted by atomic mass is 32.2. The zero-order chi connectivity index (χ0) is 21.9. The summed E-state index contributed by atoms with van der Waals surface area (Å²) in [5.41, 5.74) is 1.33. The van der Waals surface area contributed by atoms with Gasteiger partial charge in [-0.2, -0.15) is 0 Å². The molecular formula is C19H17N5O5S. The SMILES string of the molecule is Cc1ccnc(NS(=O)(=O)c2ccc(NC(=O)c3ccc(C)c([N+](=O)[O-])c3)cc2)n1. The molecule has 0 unspecified atom stereocenters. The van der Waals surface area contributed by atoms with Crippen LogP contribution in [0.25, 0.3) is 0 Å². The number of carbonyl (C=O) groups excluding carboxylic acids is 1. The summed E-state index contributed by atoms with van der Waals surface area (Å²) in [7, 11) is -3.91. The van der Waals surface area contributed by atoms with Crippen molar-refractivity contribution in [3.05, 3.63) is 81.7 Å². The molecule has 154 valence electrons. The number of nitrogens with one attached hydrogen (secondary N) is 2. The van der Waals surface area contributed by atoms with Gasteiger partial charge < -0.3 is 5.32 Å². The van der Waals surface area contributed by atoms with Crippen molar-refractivity contribution >= 4 is 33.3 Å². The maximum Gasteiger partial charge on any atom is 0.273 e. The quantitative estimate of drug-likeness (QED) is 0.454. The minimum absolute atomic E-state index is 0.0448. The molecule has 0 spiro atoms. The molecule has 2 aromatic carbocycles. The van der Waals surface area contributed by atoms with Gasteiger partial charge >= 0.3 is 0 Å². The Bertz CT molecular complexity index is 1230. The van der Waals surface area contributed by atoms with Crippen LogP contribution in [0.3, 0.4) is 0 Å². The number of sulfonamides is 1. The Morgan fingerprint density at radius 2 is 1.77 bits per heavy atom. The number of nitrogens with zero attached hydrogens (tertiary/aromatic N) is 3. The summed E-state index contributed by atoms with van der Waals surface area (Å²) in [5.74, 6) is -0.603. The van der Waals surface area contributed by atoms with Crippen LogP contribution in [0.1, 0.15) is 21.6 Å². The van der Waals surface area contributed by atoms with E-state index in [0.29, 0.717) is 16.9 Å². The first kappa shape index (κ1) is 20.9. The summed E-state index contributed by atoms with van der Waals surface area (Å²) in [4.78, 5) is 30.7. The Kier molecular flexibility index (Phi) is 5.74. The maximum atomic E-state index is 12.5. The summed E-state index contributed by atoms with van der Waals surface area (Å²) in [6.45, 7) is 3.29. The number of rotatable bonds is 6. The van der Waals surface area contributed by atoms with Crippen LogP contribution < -0.4 is 10.0 Å². The van der Waals surface area contributed by atoms with E-state index in [1.807, 2.05) is 0 Å². The molecule has 0 atom stereocenters. The number of hydrogen-bond donors (Lipinski definition) is 2. The lowest BCUT2D eigenvalue weighted by Crippen LogP contribution is -2.16. The number of carbonyl (C=O) groups is 1. The van der Waals surface area contributed by atoms with Gasteiger partial charge in [-0.1, -0.05) is 6.07 Å². The number of anilines is 2. The number of amides is 1. The minimum atomic E-state index is -3.91. The zero-order valence-electron chi connectivity index (χ0n) is 16.0. The van der Waals surface area contributed by atoms with E-state index in [2.05, 4.69) is 20.0 Å². The number of aryl methyl sites for hydroxylation is 2. The van der Waals surface area contributed by atoms with Crippen molar-refractivity contribution in [1.82, 2.24) is 9.97 Å². The van der Waals surface area contributed by atoms with Crippen molar-refractivity contribution < 1.29 is 18.1 Å². The Morgan fingerprint density at radius 1 is 1.07 bits per heavy atom. The average molecular weight is 427 g/mol. The van der Waals surface area contributed by atoms with Crippen molar-refractivity contribution in [3.8, 4) is 0 Å². The topological polar surface area (TPSA) is 144 Å². The van der Waals surface area contributed by atoms with Crippen molar-refractivity contribution in [2.45, 2.75) is 18.7 Å². The number of nitro benzene ring substituents is 1. The highest BCUT2D eigenvalue weighted by Crippen LogP contribution is 2.21. The molecule has 3 rings (SSSR count). The van der Waals surface area contributed by atoms with E-state index in [4.69, 9.17) is 0 Å². The van der Waals surface area contributed by atoms with Crippen LogP contribution in [0.15, 0.2) is 59.6 Å². The normalized spacial score (nSPS) is 11.0. The first-order chi connectivity index (χ1) is 14.2. The number of hydrogen-bond acceptors (Lipinski definition) is 7. The third kappa shape index (κ3) is 4.75. The van der Waals surface area contributed by atoms with Crippen LogP contribution in [0.2, 0.25) is 0 Å². The molecular weight excluding hydrogens is 410 g/mol. The molecule has 0 aliphatic carbocycles. The van der Waals surface area contributed by atoms with Crippen molar-refractivity contribution in [3.63, 3.8) is 0 Å². The van der Waals surface area contributed by atoms with Crippen LogP contribution in [0, 0.1) is 24.0 Å². The average Bonchev–Trinajstić information content (AvgIpc) is 2.68. The molecule has 0 aliphatic rings. The van der Waals surface area contributed by atoms with Gasteiger partial charge in [-0.25, -0.2) is 23.1 Å². The summed E-state index contributed by atoms with van der Waals surface area (Å²) >= 11 is 0. The van der Waals surface area contributed by atoms with Gasteiger partial charge in [0.05, 0.1) is 9.82 Å². The van der Waals surface area contributed by atoms with Gasteiger partial charge in [0.1, 0.15) is 0 Å². The van der Waals surface area contributed by atoms with Crippen LogP contribution in [0.4, 0.5) is 17.3 Å². The van der Waals surface area contributed by atoms with Gasteiger partial charge in [0.15, 0.2) is 0 Å². The molecule has 11 heteroatoms. The molecule has 1 aromatic heterocycles. The molecule has 0 bridgehead atoms. The molecule has 0 saturated carbocycles. The number of benzene rings is 2. The third-order valence-corrected chi connectivity index (χ3v) is 5.46. The van der Waals surface area contributed by atoms with Gasteiger partial charge in [0.25, 0.3) is 21.6 Å². The molecule has 0 fully saturated rings. The monoisotopic (exact) mass is 427 g/mol. The first-order valence-corrected chi connectivity index (χ1v) is 10.1. The molecule has 0 saturated heterocycles. The number of aromatic nitrogens is 2. The summed E-state index contributed by atoms with van der Waals surface area (Å²) in [6, 6.07) is 11.2. The van der Waals surface area contributed by atoms with E-state index in [-0.39, 0.29) is 22.1 Å². The molecule has 1 amide bonds. The third-order valence-electron chi connectivity index (χ3n) is 4.11. The minimum Gasteiger partial charge on any atom is -0.322 e. The van der Waals surface area contributed by atoms with Crippen LogP contribution in [-0.4, -0.2) is 29.2 Å². The van der Waals surface area contributed by atoms with E-state index in [0.717, 1.165) is 0 Å². The second kappa shape index (κ2) is 8.25. The maximum absolute atomic E-state index is 12.5. The second-order valence-electron chi connectivity index (χ2n) is 6.36. The molecule has 0 aliphatic heterocycles. The zero-order valence-corrected chi connectivity index (χ0v) is 16.8. The van der Waals surface area contributed by atoms with Gasteiger partial charge in [-0.15, -0.1) is 0 Å². The Morgan fingerprint density at radius 3 is 2.40 bits per heavy atom. The van der Waals surface area contributed by atoms with Crippen molar-refractivity contribution in [1.29, 1.82) is 0 Å². The molecule has 0 radical (unpaired) electrons.